The van der Waals surface area contributed by atoms with E-state index in [2.05, 4.69) is 9.88 Å². The fourth-order valence-corrected chi connectivity index (χ4v) is 2.77. The van der Waals surface area contributed by atoms with Crippen molar-refractivity contribution in [2.45, 2.75) is 32.4 Å². The monoisotopic (exact) mass is 303 g/mol. The molecule has 1 saturated carbocycles. The normalized spacial score (nSPS) is 20.9. The summed E-state index contributed by atoms with van der Waals surface area (Å²) in [5.74, 6) is 0.844. The molecular formula is C17H25N3O2. The Morgan fingerprint density at radius 1 is 1.27 bits per heavy atom. The van der Waals surface area contributed by atoms with Crippen LogP contribution in [-0.4, -0.2) is 59.6 Å². The number of pyridine rings is 1. The molecule has 0 spiro atoms. The van der Waals surface area contributed by atoms with Gasteiger partial charge in [0.25, 0.3) is 5.91 Å². The number of amides is 1. The van der Waals surface area contributed by atoms with Gasteiger partial charge in [-0.2, -0.15) is 0 Å². The molecule has 22 heavy (non-hydrogen) atoms. The molecule has 120 valence electrons. The van der Waals surface area contributed by atoms with Gasteiger partial charge in [-0.3, -0.25) is 14.7 Å². The van der Waals surface area contributed by atoms with E-state index in [1.54, 1.807) is 0 Å². The summed E-state index contributed by atoms with van der Waals surface area (Å²) in [6, 6.07) is 4.09. The van der Waals surface area contributed by atoms with E-state index in [1.165, 1.54) is 18.4 Å². The van der Waals surface area contributed by atoms with Gasteiger partial charge in [0.05, 0.1) is 6.61 Å². The average Bonchev–Trinajstić information content (AvgIpc) is 3.38. The van der Waals surface area contributed by atoms with E-state index in [4.69, 9.17) is 4.74 Å². The molecule has 1 amide bonds. The minimum absolute atomic E-state index is 0.143. The van der Waals surface area contributed by atoms with Crippen molar-refractivity contribution in [1.29, 1.82) is 0 Å². The second kappa shape index (κ2) is 7.20. The van der Waals surface area contributed by atoms with Crippen LogP contribution in [0.3, 0.4) is 0 Å². The van der Waals surface area contributed by atoms with Gasteiger partial charge < -0.3 is 9.64 Å². The van der Waals surface area contributed by atoms with Crippen molar-refractivity contribution in [1.82, 2.24) is 14.8 Å². The molecule has 1 aliphatic heterocycles. The molecule has 1 aliphatic carbocycles. The smallest absolute Gasteiger partial charge is 0.251 e. The zero-order valence-electron chi connectivity index (χ0n) is 13.3. The van der Waals surface area contributed by atoms with Crippen LogP contribution in [0.1, 0.15) is 25.3 Å². The third kappa shape index (κ3) is 4.27. The molecule has 3 rings (SSSR count). The Morgan fingerprint density at radius 2 is 1.95 bits per heavy atom. The minimum Gasteiger partial charge on any atom is -0.368 e. The molecule has 5 heteroatoms. The molecule has 1 unspecified atom stereocenters. The lowest BCUT2D eigenvalue weighted by molar-refractivity contribution is -0.144. The van der Waals surface area contributed by atoms with Crippen LogP contribution in [0.2, 0.25) is 0 Å². The molecule has 5 nitrogen and oxygen atoms in total. The summed E-state index contributed by atoms with van der Waals surface area (Å²) in [5, 5.41) is 0. The topological polar surface area (TPSA) is 45.7 Å². The largest absolute Gasteiger partial charge is 0.368 e. The quantitative estimate of drug-likeness (QED) is 0.800. The standard InChI is InChI=1S/C17H25N3O2/c1-14(22-13-16-2-3-16)17(21)20-10-8-19(9-11-20)12-15-4-6-18-7-5-15/h4-7,14,16H,2-3,8-13H2,1H3. The van der Waals surface area contributed by atoms with Crippen LogP contribution in [0.5, 0.6) is 0 Å². The SMILES string of the molecule is CC(OCC1CC1)C(=O)N1CCN(Cc2ccncc2)CC1. The number of ether oxygens (including phenoxy) is 1. The maximum atomic E-state index is 12.4. The van der Waals surface area contributed by atoms with Crippen LogP contribution >= 0.6 is 0 Å². The summed E-state index contributed by atoms with van der Waals surface area (Å²) in [6.07, 6.45) is 5.87. The molecule has 2 fully saturated rings. The second-order valence-electron chi connectivity index (χ2n) is 6.38. The van der Waals surface area contributed by atoms with Gasteiger partial charge in [-0.25, -0.2) is 0 Å². The first kappa shape index (κ1) is 15.4. The van der Waals surface area contributed by atoms with Crippen molar-refractivity contribution in [3.8, 4) is 0 Å². The second-order valence-corrected chi connectivity index (χ2v) is 6.38. The first-order chi connectivity index (χ1) is 10.7. The molecule has 1 atom stereocenters. The Morgan fingerprint density at radius 3 is 2.59 bits per heavy atom. The number of carbonyl (C=O) groups excluding carboxylic acids is 1. The van der Waals surface area contributed by atoms with Gasteiger partial charge in [-0.05, 0) is 43.4 Å². The fourth-order valence-electron chi connectivity index (χ4n) is 2.77. The van der Waals surface area contributed by atoms with Crippen LogP contribution in [0.25, 0.3) is 0 Å². The summed E-state index contributed by atoms with van der Waals surface area (Å²) in [4.78, 5) is 20.7. The van der Waals surface area contributed by atoms with Crippen LogP contribution in [0, 0.1) is 5.92 Å². The summed E-state index contributed by atoms with van der Waals surface area (Å²) in [5.41, 5.74) is 1.27. The van der Waals surface area contributed by atoms with Gasteiger partial charge in [0.15, 0.2) is 0 Å². The predicted molar refractivity (Wildman–Crippen MR) is 84.2 cm³/mol. The molecular weight excluding hydrogens is 278 g/mol. The zero-order valence-corrected chi connectivity index (χ0v) is 13.3. The van der Waals surface area contributed by atoms with Crippen LogP contribution < -0.4 is 0 Å². The lowest BCUT2D eigenvalue weighted by Gasteiger charge is -2.35. The van der Waals surface area contributed by atoms with Crippen molar-refractivity contribution < 1.29 is 9.53 Å². The molecule has 2 aliphatic rings. The number of rotatable bonds is 6. The Hall–Kier alpha value is -1.46. The van der Waals surface area contributed by atoms with Crippen molar-refractivity contribution in [3.63, 3.8) is 0 Å². The van der Waals surface area contributed by atoms with Crippen LogP contribution in [-0.2, 0) is 16.1 Å². The Balaban J connectivity index is 1.41. The van der Waals surface area contributed by atoms with Gasteiger partial charge in [0.2, 0.25) is 0 Å². The number of hydrogen-bond donors (Lipinski definition) is 0. The van der Waals surface area contributed by atoms with E-state index in [0.29, 0.717) is 5.92 Å². The highest BCUT2D eigenvalue weighted by atomic mass is 16.5. The lowest BCUT2D eigenvalue weighted by atomic mass is 10.2. The maximum Gasteiger partial charge on any atom is 0.251 e. The molecule has 1 aromatic heterocycles. The summed E-state index contributed by atoms with van der Waals surface area (Å²) < 4.78 is 5.69. The number of nitrogens with zero attached hydrogens (tertiary/aromatic N) is 3. The van der Waals surface area contributed by atoms with Gasteiger partial charge in [-0.15, -0.1) is 0 Å². The Bertz CT molecular complexity index is 482. The number of piperazine rings is 1. The Kier molecular flexibility index (Phi) is 5.05. The third-order valence-electron chi connectivity index (χ3n) is 4.47. The lowest BCUT2D eigenvalue weighted by Crippen LogP contribution is -2.51. The van der Waals surface area contributed by atoms with E-state index in [1.807, 2.05) is 36.4 Å². The minimum atomic E-state index is -0.299. The highest BCUT2D eigenvalue weighted by molar-refractivity contribution is 5.80. The number of carbonyl (C=O) groups is 1. The average molecular weight is 303 g/mol. The highest BCUT2D eigenvalue weighted by Gasteiger charge is 2.28. The van der Waals surface area contributed by atoms with Crippen LogP contribution in [0.15, 0.2) is 24.5 Å². The summed E-state index contributed by atoms with van der Waals surface area (Å²) in [6.45, 7) is 6.98. The van der Waals surface area contributed by atoms with Crippen molar-refractivity contribution in [2.24, 2.45) is 5.92 Å². The van der Waals surface area contributed by atoms with E-state index in [0.717, 1.165) is 39.3 Å². The maximum absolute atomic E-state index is 12.4. The summed E-state index contributed by atoms with van der Waals surface area (Å²) >= 11 is 0. The number of aromatic nitrogens is 1. The van der Waals surface area contributed by atoms with E-state index >= 15 is 0 Å². The first-order valence-electron chi connectivity index (χ1n) is 8.24. The molecule has 1 aromatic rings. The van der Waals surface area contributed by atoms with Crippen LogP contribution in [0.4, 0.5) is 0 Å². The molecule has 0 aromatic carbocycles. The van der Waals surface area contributed by atoms with Crippen molar-refractivity contribution >= 4 is 5.91 Å². The predicted octanol–water partition coefficient (Wildman–Crippen LogP) is 1.54. The van der Waals surface area contributed by atoms with Gasteiger partial charge >= 0.3 is 0 Å². The fraction of sp³-hybridized carbons (Fsp3) is 0.647. The zero-order chi connectivity index (χ0) is 15.4. The molecule has 2 heterocycles. The first-order valence-corrected chi connectivity index (χ1v) is 8.24. The van der Waals surface area contributed by atoms with Gasteiger partial charge in [0, 0.05) is 45.1 Å². The van der Waals surface area contributed by atoms with E-state index < -0.39 is 0 Å². The van der Waals surface area contributed by atoms with E-state index in [-0.39, 0.29) is 12.0 Å². The summed E-state index contributed by atoms with van der Waals surface area (Å²) in [7, 11) is 0. The van der Waals surface area contributed by atoms with E-state index in [9.17, 15) is 4.79 Å². The molecule has 0 bridgehead atoms. The van der Waals surface area contributed by atoms with Crippen molar-refractivity contribution in [3.05, 3.63) is 30.1 Å². The number of hydrogen-bond acceptors (Lipinski definition) is 4. The Labute approximate surface area is 132 Å². The van der Waals surface area contributed by atoms with Gasteiger partial charge in [0.1, 0.15) is 6.10 Å². The molecule has 0 N–H and O–H groups in total. The molecule has 1 saturated heterocycles. The third-order valence-corrected chi connectivity index (χ3v) is 4.47. The highest BCUT2D eigenvalue weighted by Crippen LogP contribution is 2.29. The van der Waals surface area contributed by atoms with Gasteiger partial charge in [-0.1, -0.05) is 0 Å². The van der Waals surface area contributed by atoms with Crippen molar-refractivity contribution in [2.75, 3.05) is 32.8 Å². The molecule has 0 radical (unpaired) electrons.